The minimum Gasteiger partial charge on any atom is -0.465 e. The number of aromatic amines is 1. The van der Waals surface area contributed by atoms with Gasteiger partial charge >= 0.3 is 5.97 Å². The van der Waals surface area contributed by atoms with Crippen molar-refractivity contribution < 1.29 is 9.53 Å². The van der Waals surface area contributed by atoms with E-state index in [1.807, 2.05) is 0 Å². The average molecular weight is 333 g/mol. The molecule has 2 rings (SSSR count). The summed E-state index contributed by atoms with van der Waals surface area (Å²) in [6.07, 6.45) is 0. The minimum absolute atomic E-state index is 0.201. The Balaban J connectivity index is 2.13. The molecule has 2 N–H and O–H groups in total. The number of esters is 1. The van der Waals surface area contributed by atoms with Crippen molar-refractivity contribution in [2.45, 2.75) is 24.9 Å². The fourth-order valence-electron chi connectivity index (χ4n) is 1.84. The molecule has 0 saturated carbocycles. The molecule has 0 saturated heterocycles. The number of benzene rings is 1. The first-order valence-electron chi connectivity index (χ1n) is 7.15. The molecule has 122 valence electrons. The second-order valence-electron chi connectivity index (χ2n) is 5.14. The summed E-state index contributed by atoms with van der Waals surface area (Å²) in [4.78, 5) is 30.2. The van der Waals surface area contributed by atoms with Crippen molar-refractivity contribution in [1.82, 2.24) is 9.97 Å². The predicted molar refractivity (Wildman–Crippen MR) is 92.4 cm³/mol. The van der Waals surface area contributed by atoms with Crippen LogP contribution < -0.4 is 10.9 Å². The number of carbonyl (C=O) groups excluding carboxylic acids is 1. The molecule has 7 heteroatoms. The van der Waals surface area contributed by atoms with E-state index in [-0.39, 0.29) is 5.56 Å². The fourth-order valence-corrected chi connectivity index (χ4v) is 2.49. The normalized spacial score (nSPS) is 10.6. The van der Waals surface area contributed by atoms with Crippen LogP contribution in [0.1, 0.15) is 29.9 Å². The summed E-state index contributed by atoms with van der Waals surface area (Å²) in [5, 5.41) is 3.50. The third-order valence-electron chi connectivity index (χ3n) is 2.93. The quantitative estimate of drug-likeness (QED) is 0.791. The number of H-pyrrole nitrogens is 1. The summed E-state index contributed by atoms with van der Waals surface area (Å²) in [6.45, 7) is 4.19. The van der Waals surface area contributed by atoms with Gasteiger partial charge in [-0.2, -0.15) is 11.8 Å². The number of nitrogens with zero attached hydrogens (tertiary/aromatic N) is 1. The molecule has 23 heavy (non-hydrogen) atoms. The van der Waals surface area contributed by atoms with Gasteiger partial charge in [-0.05, 0) is 29.5 Å². The topological polar surface area (TPSA) is 84.1 Å². The number of hydrogen-bond acceptors (Lipinski definition) is 6. The summed E-state index contributed by atoms with van der Waals surface area (Å²) in [7, 11) is 1.34. The van der Waals surface area contributed by atoms with Crippen molar-refractivity contribution in [1.29, 1.82) is 0 Å². The number of hydrogen-bond donors (Lipinski definition) is 2. The van der Waals surface area contributed by atoms with Gasteiger partial charge in [-0.3, -0.25) is 9.78 Å². The van der Waals surface area contributed by atoms with E-state index in [1.54, 1.807) is 36.0 Å². The Morgan fingerprint density at radius 2 is 2.04 bits per heavy atom. The first-order valence-corrected chi connectivity index (χ1v) is 8.20. The maximum Gasteiger partial charge on any atom is 0.337 e. The van der Waals surface area contributed by atoms with E-state index in [0.717, 1.165) is 11.4 Å². The summed E-state index contributed by atoms with van der Waals surface area (Å²) in [6, 6.07) is 8.24. The van der Waals surface area contributed by atoms with Gasteiger partial charge in [0, 0.05) is 17.5 Å². The van der Waals surface area contributed by atoms with Gasteiger partial charge in [0.15, 0.2) is 0 Å². The molecule has 0 fully saturated rings. The first kappa shape index (κ1) is 17.1. The molecule has 1 aromatic carbocycles. The second kappa shape index (κ2) is 7.82. The van der Waals surface area contributed by atoms with E-state index < -0.39 is 5.97 Å². The maximum atomic E-state index is 11.7. The van der Waals surface area contributed by atoms with Crippen molar-refractivity contribution in [3.05, 3.63) is 51.9 Å². The Bertz CT molecular complexity index is 726. The zero-order valence-corrected chi connectivity index (χ0v) is 14.1. The van der Waals surface area contributed by atoms with E-state index >= 15 is 0 Å². The van der Waals surface area contributed by atoms with Gasteiger partial charge in [0.1, 0.15) is 0 Å². The molecule has 0 atom stereocenters. The molecule has 0 spiro atoms. The zero-order chi connectivity index (χ0) is 16.8. The molecule has 1 aromatic heterocycles. The van der Waals surface area contributed by atoms with Gasteiger partial charge in [0.25, 0.3) is 5.56 Å². The van der Waals surface area contributed by atoms with Crippen LogP contribution in [0.15, 0.2) is 35.1 Å². The highest BCUT2D eigenvalue weighted by molar-refractivity contribution is 7.99. The van der Waals surface area contributed by atoms with Crippen molar-refractivity contribution in [2.75, 3.05) is 12.4 Å². The molecular weight excluding hydrogens is 314 g/mol. The Hall–Kier alpha value is -2.28. The molecule has 0 aliphatic carbocycles. The number of carbonyl (C=O) groups is 1. The van der Waals surface area contributed by atoms with Crippen molar-refractivity contribution in [3.63, 3.8) is 0 Å². The number of rotatable bonds is 6. The lowest BCUT2D eigenvalue weighted by molar-refractivity contribution is 0.0601. The molecule has 0 bridgehead atoms. The molecule has 0 radical (unpaired) electrons. The average Bonchev–Trinajstić information content (AvgIpc) is 2.52. The van der Waals surface area contributed by atoms with Crippen LogP contribution in [-0.2, 0) is 10.5 Å². The Morgan fingerprint density at radius 1 is 1.35 bits per heavy atom. The summed E-state index contributed by atoms with van der Waals surface area (Å²) >= 11 is 1.72. The Morgan fingerprint density at radius 3 is 2.65 bits per heavy atom. The first-order chi connectivity index (χ1) is 11.0. The van der Waals surface area contributed by atoms with Crippen LogP contribution in [0.2, 0.25) is 0 Å². The highest BCUT2D eigenvalue weighted by Crippen LogP contribution is 2.17. The number of thioether (sulfide) groups is 1. The van der Waals surface area contributed by atoms with Crippen molar-refractivity contribution in [2.24, 2.45) is 0 Å². The van der Waals surface area contributed by atoms with Crippen LogP contribution in [0, 0.1) is 0 Å². The van der Waals surface area contributed by atoms with Gasteiger partial charge in [-0.25, -0.2) is 9.78 Å². The molecule has 0 unspecified atom stereocenters. The summed E-state index contributed by atoms with van der Waals surface area (Å²) in [5.74, 6) is 0.663. The SMILES string of the molecule is COC(=O)c1ccc(Nc2nc(CSC(C)C)cc(=O)[nH]2)cc1. The van der Waals surface area contributed by atoms with Gasteiger partial charge < -0.3 is 10.1 Å². The fraction of sp³-hybridized carbons (Fsp3) is 0.312. The molecule has 0 amide bonds. The van der Waals surface area contributed by atoms with E-state index in [0.29, 0.717) is 22.5 Å². The molecule has 2 aromatic rings. The van der Waals surface area contributed by atoms with Crippen LogP contribution in [0.5, 0.6) is 0 Å². The number of aromatic nitrogens is 2. The molecule has 0 aliphatic heterocycles. The van der Waals surface area contributed by atoms with Crippen LogP contribution in [0.25, 0.3) is 0 Å². The molecular formula is C16H19N3O3S. The number of ether oxygens (including phenoxy) is 1. The lowest BCUT2D eigenvalue weighted by atomic mass is 10.2. The number of nitrogens with one attached hydrogen (secondary N) is 2. The number of methoxy groups -OCH3 is 1. The smallest absolute Gasteiger partial charge is 0.337 e. The Labute approximate surface area is 138 Å². The molecule has 6 nitrogen and oxygen atoms in total. The third-order valence-corrected chi connectivity index (χ3v) is 4.06. The largest absolute Gasteiger partial charge is 0.465 e. The van der Waals surface area contributed by atoms with Crippen molar-refractivity contribution in [3.8, 4) is 0 Å². The highest BCUT2D eigenvalue weighted by atomic mass is 32.2. The standard InChI is InChI=1S/C16H19N3O3S/c1-10(2)23-9-13-8-14(20)19-16(18-13)17-12-6-4-11(5-7-12)15(21)22-3/h4-8,10H,9H2,1-3H3,(H2,17,18,19,20). The van der Waals surface area contributed by atoms with Gasteiger partial charge in [0.05, 0.1) is 18.4 Å². The highest BCUT2D eigenvalue weighted by Gasteiger charge is 2.06. The Kier molecular flexibility index (Phi) is 5.81. The van der Waals surface area contributed by atoms with E-state index in [1.165, 1.54) is 13.2 Å². The van der Waals surface area contributed by atoms with Crippen LogP contribution in [-0.4, -0.2) is 28.3 Å². The maximum absolute atomic E-state index is 11.7. The lowest BCUT2D eigenvalue weighted by Crippen LogP contribution is -2.12. The summed E-state index contributed by atoms with van der Waals surface area (Å²) < 4.78 is 4.65. The van der Waals surface area contributed by atoms with Crippen LogP contribution in [0.3, 0.4) is 0 Å². The van der Waals surface area contributed by atoms with Gasteiger partial charge in [0.2, 0.25) is 5.95 Å². The zero-order valence-electron chi connectivity index (χ0n) is 13.3. The second-order valence-corrected chi connectivity index (χ2v) is 6.70. The molecule has 0 aliphatic rings. The minimum atomic E-state index is -0.393. The van der Waals surface area contributed by atoms with E-state index in [9.17, 15) is 9.59 Å². The third kappa shape index (κ3) is 5.14. The number of anilines is 2. The van der Waals surface area contributed by atoms with Gasteiger partial charge in [-0.1, -0.05) is 13.8 Å². The van der Waals surface area contributed by atoms with Crippen LogP contribution in [0.4, 0.5) is 11.6 Å². The summed E-state index contributed by atoms with van der Waals surface area (Å²) in [5.41, 5.74) is 1.70. The van der Waals surface area contributed by atoms with E-state index in [2.05, 4.69) is 33.9 Å². The van der Waals surface area contributed by atoms with Crippen LogP contribution >= 0.6 is 11.8 Å². The monoisotopic (exact) mass is 333 g/mol. The van der Waals surface area contributed by atoms with Gasteiger partial charge in [-0.15, -0.1) is 0 Å². The lowest BCUT2D eigenvalue weighted by Gasteiger charge is -2.08. The van der Waals surface area contributed by atoms with E-state index in [4.69, 9.17) is 0 Å². The molecule has 1 heterocycles. The predicted octanol–water partition coefficient (Wildman–Crippen LogP) is 2.94. The van der Waals surface area contributed by atoms with Crippen molar-refractivity contribution >= 4 is 29.4 Å².